The number of carbonyl (C=O) groups is 1. The molecule has 0 fully saturated rings. The van der Waals surface area contributed by atoms with Crippen LogP contribution < -0.4 is 0 Å². The number of rotatable bonds is 5. The van der Waals surface area contributed by atoms with Crippen LogP contribution >= 0.6 is 0 Å². The summed E-state index contributed by atoms with van der Waals surface area (Å²) in [6.45, 7) is 13.2. The van der Waals surface area contributed by atoms with Gasteiger partial charge in [0.2, 0.25) is 6.04 Å². The van der Waals surface area contributed by atoms with Crippen molar-refractivity contribution in [2.75, 3.05) is 6.61 Å². The highest BCUT2D eigenvalue weighted by atomic mass is 16.5. The van der Waals surface area contributed by atoms with Crippen molar-refractivity contribution in [3.8, 4) is 0 Å². The van der Waals surface area contributed by atoms with E-state index in [0.29, 0.717) is 12.5 Å². The van der Waals surface area contributed by atoms with Crippen LogP contribution in [0.2, 0.25) is 0 Å². The molecule has 0 aromatic heterocycles. The molecule has 0 saturated carbocycles. The first-order chi connectivity index (χ1) is 6.10. The van der Waals surface area contributed by atoms with Gasteiger partial charge < -0.3 is 9.58 Å². The third-order valence-corrected chi connectivity index (χ3v) is 1.63. The minimum Gasteiger partial charge on any atom is -0.466 e. The van der Waals surface area contributed by atoms with E-state index < -0.39 is 0 Å². The SMILES string of the molecule is [C-]#[N+]C(CC(=O)OCC)CC(C)C. The van der Waals surface area contributed by atoms with Crippen LogP contribution in [0.5, 0.6) is 0 Å². The lowest BCUT2D eigenvalue weighted by molar-refractivity contribution is -0.143. The van der Waals surface area contributed by atoms with Crippen LogP contribution in [0.4, 0.5) is 0 Å². The zero-order chi connectivity index (χ0) is 10.3. The molecule has 3 heteroatoms. The van der Waals surface area contributed by atoms with Crippen molar-refractivity contribution in [3.63, 3.8) is 0 Å². The van der Waals surface area contributed by atoms with Crippen molar-refractivity contribution < 1.29 is 9.53 Å². The molecule has 0 aromatic rings. The van der Waals surface area contributed by atoms with Gasteiger partial charge in [-0.1, -0.05) is 13.8 Å². The maximum atomic E-state index is 11.0. The second-order valence-electron chi connectivity index (χ2n) is 3.42. The van der Waals surface area contributed by atoms with Crippen molar-refractivity contribution in [2.45, 2.75) is 39.7 Å². The van der Waals surface area contributed by atoms with Crippen molar-refractivity contribution >= 4 is 5.97 Å². The fourth-order valence-corrected chi connectivity index (χ4v) is 1.14. The molecule has 0 bridgehead atoms. The van der Waals surface area contributed by atoms with E-state index in [2.05, 4.69) is 4.85 Å². The summed E-state index contributed by atoms with van der Waals surface area (Å²) in [5.41, 5.74) is 0. The van der Waals surface area contributed by atoms with Gasteiger partial charge in [0.05, 0.1) is 6.61 Å². The van der Waals surface area contributed by atoms with Gasteiger partial charge in [-0.25, -0.2) is 6.57 Å². The van der Waals surface area contributed by atoms with Gasteiger partial charge in [0, 0.05) is 6.42 Å². The van der Waals surface area contributed by atoms with Crippen LogP contribution in [0, 0.1) is 12.5 Å². The van der Waals surface area contributed by atoms with E-state index in [-0.39, 0.29) is 18.4 Å². The first kappa shape index (κ1) is 12.0. The molecule has 0 aliphatic heterocycles. The molecule has 0 amide bonds. The van der Waals surface area contributed by atoms with Crippen LogP contribution in [0.15, 0.2) is 0 Å². The van der Waals surface area contributed by atoms with Crippen molar-refractivity contribution in [1.29, 1.82) is 0 Å². The fourth-order valence-electron chi connectivity index (χ4n) is 1.14. The van der Waals surface area contributed by atoms with Gasteiger partial charge in [-0.2, -0.15) is 0 Å². The number of hydrogen-bond acceptors (Lipinski definition) is 2. The van der Waals surface area contributed by atoms with Gasteiger partial charge in [-0.3, -0.25) is 4.79 Å². The number of hydrogen-bond donors (Lipinski definition) is 0. The largest absolute Gasteiger partial charge is 0.466 e. The van der Waals surface area contributed by atoms with Gasteiger partial charge in [-0.15, -0.1) is 0 Å². The summed E-state index contributed by atoms with van der Waals surface area (Å²) in [6.07, 6.45) is 0.998. The first-order valence-corrected chi connectivity index (χ1v) is 4.62. The van der Waals surface area contributed by atoms with E-state index in [9.17, 15) is 4.79 Å². The number of nitrogens with zero attached hydrogens (tertiary/aromatic N) is 1. The van der Waals surface area contributed by atoms with Gasteiger partial charge in [-0.05, 0) is 12.8 Å². The second kappa shape index (κ2) is 6.47. The Morgan fingerprint density at radius 3 is 2.54 bits per heavy atom. The van der Waals surface area contributed by atoms with E-state index >= 15 is 0 Å². The van der Waals surface area contributed by atoms with Crippen molar-refractivity contribution in [3.05, 3.63) is 11.4 Å². The molecular weight excluding hydrogens is 166 g/mol. The molecule has 1 atom stereocenters. The quantitative estimate of drug-likeness (QED) is 0.483. The standard InChI is InChI=1S/C10H17NO2/c1-5-13-10(12)7-9(11-4)6-8(2)3/h8-9H,5-7H2,1-3H3. The minimum absolute atomic E-state index is 0.209. The highest BCUT2D eigenvalue weighted by molar-refractivity contribution is 5.70. The Morgan fingerprint density at radius 2 is 2.15 bits per heavy atom. The van der Waals surface area contributed by atoms with Gasteiger partial charge >= 0.3 is 5.97 Å². The molecule has 0 radical (unpaired) electrons. The maximum absolute atomic E-state index is 11.0. The first-order valence-electron chi connectivity index (χ1n) is 4.62. The molecule has 0 saturated heterocycles. The molecule has 0 spiro atoms. The molecule has 0 aliphatic carbocycles. The van der Waals surface area contributed by atoms with Gasteiger partial charge in [0.15, 0.2) is 0 Å². The third-order valence-electron chi connectivity index (χ3n) is 1.63. The van der Waals surface area contributed by atoms with E-state index in [4.69, 9.17) is 11.3 Å². The van der Waals surface area contributed by atoms with Crippen LogP contribution in [0.25, 0.3) is 4.85 Å². The minimum atomic E-state index is -0.260. The third kappa shape index (κ3) is 6.15. The predicted molar refractivity (Wildman–Crippen MR) is 51.1 cm³/mol. The Labute approximate surface area is 79.9 Å². The van der Waals surface area contributed by atoms with E-state index in [0.717, 1.165) is 6.42 Å². The van der Waals surface area contributed by atoms with Crippen LogP contribution in [0.3, 0.4) is 0 Å². The molecule has 0 aromatic carbocycles. The average molecular weight is 183 g/mol. The lowest BCUT2D eigenvalue weighted by atomic mass is 10.0. The molecule has 0 aliphatic rings. The summed E-state index contributed by atoms with van der Waals surface area (Å²) >= 11 is 0. The monoisotopic (exact) mass is 183 g/mol. The number of ether oxygens (including phenoxy) is 1. The molecule has 0 N–H and O–H groups in total. The topological polar surface area (TPSA) is 30.7 Å². The highest BCUT2D eigenvalue weighted by Gasteiger charge is 2.19. The normalized spacial score (nSPS) is 12.2. The Morgan fingerprint density at radius 1 is 1.54 bits per heavy atom. The zero-order valence-corrected chi connectivity index (χ0v) is 8.54. The van der Waals surface area contributed by atoms with Crippen molar-refractivity contribution in [2.24, 2.45) is 5.92 Å². The van der Waals surface area contributed by atoms with Crippen LogP contribution in [-0.2, 0) is 9.53 Å². The molecule has 3 nitrogen and oxygen atoms in total. The Hall–Kier alpha value is -1.04. The summed E-state index contributed by atoms with van der Waals surface area (Å²) in [7, 11) is 0. The summed E-state index contributed by atoms with van der Waals surface area (Å²) in [6, 6.07) is -0.209. The summed E-state index contributed by atoms with van der Waals surface area (Å²) in [4.78, 5) is 14.4. The number of carbonyl (C=O) groups excluding carboxylic acids is 1. The molecular formula is C10H17NO2. The van der Waals surface area contributed by atoms with E-state index in [1.165, 1.54) is 0 Å². The number of esters is 1. The molecule has 1 unspecified atom stereocenters. The summed E-state index contributed by atoms with van der Waals surface area (Å²) in [5.74, 6) is 0.192. The Bertz CT molecular complexity index is 194. The molecule has 0 heterocycles. The van der Waals surface area contributed by atoms with Crippen LogP contribution in [-0.4, -0.2) is 18.6 Å². The lowest BCUT2D eigenvalue weighted by Gasteiger charge is -2.07. The zero-order valence-electron chi connectivity index (χ0n) is 8.54. The lowest BCUT2D eigenvalue weighted by Crippen LogP contribution is -2.15. The maximum Gasteiger partial charge on any atom is 0.313 e. The van der Waals surface area contributed by atoms with E-state index in [1.54, 1.807) is 6.92 Å². The molecule has 13 heavy (non-hydrogen) atoms. The van der Waals surface area contributed by atoms with Crippen molar-refractivity contribution in [1.82, 2.24) is 0 Å². The Balaban J connectivity index is 3.85. The molecule has 74 valence electrons. The van der Waals surface area contributed by atoms with Gasteiger partial charge in [0.25, 0.3) is 0 Å². The summed E-state index contributed by atoms with van der Waals surface area (Å²) < 4.78 is 4.77. The highest BCUT2D eigenvalue weighted by Crippen LogP contribution is 2.12. The fraction of sp³-hybridized carbons (Fsp3) is 0.800. The molecule has 0 rings (SSSR count). The summed E-state index contributed by atoms with van der Waals surface area (Å²) in [5, 5.41) is 0. The van der Waals surface area contributed by atoms with E-state index in [1.807, 2.05) is 13.8 Å². The average Bonchev–Trinajstić information content (AvgIpc) is 2.02. The van der Waals surface area contributed by atoms with Crippen LogP contribution in [0.1, 0.15) is 33.6 Å². The Kier molecular flexibility index (Phi) is 5.96. The predicted octanol–water partition coefficient (Wildman–Crippen LogP) is 2.27. The second-order valence-corrected chi connectivity index (χ2v) is 3.42. The smallest absolute Gasteiger partial charge is 0.313 e. The van der Waals surface area contributed by atoms with Gasteiger partial charge in [0.1, 0.15) is 6.42 Å².